The first-order valence-electron chi connectivity index (χ1n) is 9.79. The highest BCUT2D eigenvalue weighted by Crippen LogP contribution is 2.28. The highest BCUT2D eigenvalue weighted by atomic mass is 16.5. The van der Waals surface area contributed by atoms with Crippen molar-refractivity contribution < 1.29 is 14.3 Å². The molecule has 2 aliphatic heterocycles. The zero-order valence-corrected chi connectivity index (χ0v) is 16.1. The number of hydrogen-bond donors (Lipinski definition) is 1. The Labute approximate surface area is 165 Å². The summed E-state index contributed by atoms with van der Waals surface area (Å²) in [6.07, 6.45) is 0.864. The Bertz CT molecular complexity index is 871. The number of rotatable bonds is 5. The van der Waals surface area contributed by atoms with Crippen molar-refractivity contribution in [3.8, 4) is 5.75 Å². The van der Waals surface area contributed by atoms with Gasteiger partial charge in [-0.2, -0.15) is 0 Å². The molecule has 0 radical (unpaired) electrons. The minimum Gasteiger partial charge on any atom is -0.494 e. The van der Waals surface area contributed by atoms with Gasteiger partial charge in [-0.1, -0.05) is 12.1 Å². The molecule has 0 bridgehead atoms. The predicted octanol–water partition coefficient (Wildman–Crippen LogP) is 2.47. The van der Waals surface area contributed by atoms with Crippen LogP contribution >= 0.6 is 0 Å². The number of amides is 2. The Morgan fingerprint density at radius 2 is 1.82 bits per heavy atom. The van der Waals surface area contributed by atoms with Crippen molar-refractivity contribution in [2.75, 3.05) is 43.0 Å². The van der Waals surface area contributed by atoms with Crippen molar-refractivity contribution in [3.05, 3.63) is 53.6 Å². The first-order valence-corrected chi connectivity index (χ1v) is 9.79. The summed E-state index contributed by atoms with van der Waals surface area (Å²) in [6.45, 7) is 5.62. The first kappa shape index (κ1) is 18.3. The molecule has 28 heavy (non-hydrogen) atoms. The molecule has 2 aromatic rings. The summed E-state index contributed by atoms with van der Waals surface area (Å²) >= 11 is 0. The highest BCUT2D eigenvalue weighted by Gasteiger charge is 2.23. The number of piperazine rings is 1. The number of fused-ring (bicyclic) bond motifs is 1. The zero-order valence-electron chi connectivity index (χ0n) is 16.1. The van der Waals surface area contributed by atoms with Crippen LogP contribution in [0.4, 0.5) is 11.4 Å². The molecule has 1 fully saturated rings. The summed E-state index contributed by atoms with van der Waals surface area (Å²) in [6, 6.07) is 13.8. The smallest absolute Gasteiger partial charge is 0.228 e. The molecule has 2 aromatic carbocycles. The fourth-order valence-electron chi connectivity index (χ4n) is 3.78. The average Bonchev–Trinajstić information content (AvgIpc) is 3.09. The Morgan fingerprint density at radius 1 is 1.07 bits per heavy atom. The second-order valence-corrected chi connectivity index (χ2v) is 7.19. The van der Waals surface area contributed by atoms with Gasteiger partial charge in [0, 0.05) is 37.6 Å². The van der Waals surface area contributed by atoms with Crippen LogP contribution in [0, 0.1) is 0 Å². The topological polar surface area (TPSA) is 61.9 Å². The van der Waals surface area contributed by atoms with Crippen molar-refractivity contribution in [3.63, 3.8) is 0 Å². The van der Waals surface area contributed by atoms with E-state index in [1.807, 2.05) is 48.2 Å². The van der Waals surface area contributed by atoms with Gasteiger partial charge in [0.05, 0.1) is 19.4 Å². The maximum absolute atomic E-state index is 12.6. The SMILES string of the molecule is CCOc1ccc(CC(=O)N2CCN(c3ccc4c(c3)CC(=O)N4)CC2)cc1. The van der Waals surface area contributed by atoms with Crippen LogP contribution < -0.4 is 15.0 Å². The summed E-state index contributed by atoms with van der Waals surface area (Å²) in [5.74, 6) is 1.04. The van der Waals surface area contributed by atoms with E-state index in [1.165, 1.54) is 0 Å². The van der Waals surface area contributed by atoms with E-state index in [1.54, 1.807) is 0 Å². The summed E-state index contributed by atoms with van der Waals surface area (Å²) in [5.41, 5.74) is 4.09. The fraction of sp³-hybridized carbons (Fsp3) is 0.364. The molecule has 6 nitrogen and oxygen atoms in total. The maximum Gasteiger partial charge on any atom is 0.228 e. The molecule has 2 amide bonds. The molecule has 6 heteroatoms. The molecule has 0 atom stereocenters. The molecule has 1 saturated heterocycles. The van der Waals surface area contributed by atoms with E-state index in [0.717, 1.165) is 41.3 Å². The highest BCUT2D eigenvalue weighted by molar-refractivity contribution is 5.99. The number of carbonyl (C=O) groups is 2. The van der Waals surface area contributed by atoms with Crippen LogP contribution in [0.15, 0.2) is 42.5 Å². The Balaban J connectivity index is 1.32. The molecular weight excluding hydrogens is 354 g/mol. The number of anilines is 2. The van der Waals surface area contributed by atoms with Gasteiger partial charge in [0.15, 0.2) is 0 Å². The minimum absolute atomic E-state index is 0.0526. The molecule has 146 valence electrons. The molecule has 1 N–H and O–H groups in total. The van der Waals surface area contributed by atoms with Gasteiger partial charge < -0.3 is 19.9 Å². The predicted molar refractivity (Wildman–Crippen MR) is 109 cm³/mol. The first-order chi connectivity index (χ1) is 13.6. The summed E-state index contributed by atoms with van der Waals surface area (Å²) in [5, 5.41) is 2.86. The van der Waals surface area contributed by atoms with Crippen molar-refractivity contribution in [2.45, 2.75) is 19.8 Å². The lowest BCUT2D eigenvalue weighted by atomic mass is 10.1. The second kappa shape index (κ2) is 7.92. The van der Waals surface area contributed by atoms with Gasteiger partial charge in [-0.25, -0.2) is 0 Å². The Morgan fingerprint density at radius 3 is 2.54 bits per heavy atom. The molecule has 4 rings (SSSR count). The molecular formula is C22H25N3O3. The standard InChI is InChI=1S/C22H25N3O3/c1-2-28-19-6-3-16(4-7-19)13-22(27)25-11-9-24(10-12-25)18-5-8-20-17(14-18)15-21(26)23-20/h3-8,14H,2,9-13,15H2,1H3,(H,23,26). The lowest BCUT2D eigenvalue weighted by Gasteiger charge is -2.36. The monoisotopic (exact) mass is 379 g/mol. The quantitative estimate of drug-likeness (QED) is 0.867. The van der Waals surface area contributed by atoms with Crippen LogP contribution in [0.5, 0.6) is 5.75 Å². The molecule has 0 aromatic heterocycles. The van der Waals surface area contributed by atoms with E-state index in [-0.39, 0.29) is 11.8 Å². The van der Waals surface area contributed by atoms with Gasteiger partial charge in [-0.05, 0) is 48.4 Å². The number of nitrogens with zero attached hydrogens (tertiary/aromatic N) is 2. The summed E-state index contributed by atoms with van der Waals surface area (Å²) in [4.78, 5) is 28.4. The average molecular weight is 379 g/mol. The second-order valence-electron chi connectivity index (χ2n) is 7.19. The summed E-state index contributed by atoms with van der Waals surface area (Å²) in [7, 11) is 0. The van der Waals surface area contributed by atoms with Crippen molar-refractivity contribution in [1.82, 2.24) is 4.90 Å². The molecule has 2 heterocycles. The fourth-order valence-corrected chi connectivity index (χ4v) is 3.78. The van der Waals surface area contributed by atoms with Gasteiger partial charge >= 0.3 is 0 Å². The minimum atomic E-state index is 0.0526. The lowest BCUT2D eigenvalue weighted by Crippen LogP contribution is -2.49. The van der Waals surface area contributed by atoms with Gasteiger partial charge in [-0.3, -0.25) is 9.59 Å². The third kappa shape index (κ3) is 3.96. The van der Waals surface area contributed by atoms with Gasteiger partial charge in [0.2, 0.25) is 11.8 Å². The molecule has 0 unspecified atom stereocenters. The normalized spacial score (nSPS) is 16.0. The molecule has 0 spiro atoms. The van der Waals surface area contributed by atoms with E-state index in [0.29, 0.717) is 32.5 Å². The van der Waals surface area contributed by atoms with E-state index < -0.39 is 0 Å². The van der Waals surface area contributed by atoms with E-state index in [2.05, 4.69) is 16.3 Å². The number of benzene rings is 2. The van der Waals surface area contributed by atoms with Gasteiger partial charge in [0.1, 0.15) is 5.75 Å². The largest absolute Gasteiger partial charge is 0.494 e. The van der Waals surface area contributed by atoms with Crippen LogP contribution in [0.25, 0.3) is 0 Å². The van der Waals surface area contributed by atoms with Crippen LogP contribution in [0.3, 0.4) is 0 Å². The van der Waals surface area contributed by atoms with Crippen molar-refractivity contribution >= 4 is 23.2 Å². The van der Waals surface area contributed by atoms with Crippen LogP contribution in [0.2, 0.25) is 0 Å². The van der Waals surface area contributed by atoms with E-state index in [9.17, 15) is 9.59 Å². The van der Waals surface area contributed by atoms with Crippen LogP contribution in [0.1, 0.15) is 18.1 Å². The number of carbonyl (C=O) groups excluding carboxylic acids is 2. The number of nitrogens with one attached hydrogen (secondary N) is 1. The Kier molecular flexibility index (Phi) is 5.19. The van der Waals surface area contributed by atoms with Gasteiger partial charge in [-0.15, -0.1) is 0 Å². The molecule has 0 aliphatic carbocycles. The number of ether oxygens (including phenoxy) is 1. The third-order valence-corrected chi connectivity index (χ3v) is 5.30. The Hall–Kier alpha value is -3.02. The van der Waals surface area contributed by atoms with Crippen molar-refractivity contribution in [2.24, 2.45) is 0 Å². The lowest BCUT2D eigenvalue weighted by molar-refractivity contribution is -0.130. The maximum atomic E-state index is 12.6. The molecule has 0 saturated carbocycles. The molecule has 2 aliphatic rings. The van der Waals surface area contributed by atoms with E-state index in [4.69, 9.17) is 4.74 Å². The van der Waals surface area contributed by atoms with Gasteiger partial charge in [0.25, 0.3) is 0 Å². The summed E-state index contributed by atoms with van der Waals surface area (Å²) < 4.78 is 5.45. The van der Waals surface area contributed by atoms with E-state index >= 15 is 0 Å². The van der Waals surface area contributed by atoms with Crippen LogP contribution in [-0.4, -0.2) is 49.5 Å². The zero-order chi connectivity index (χ0) is 19.5. The van der Waals surface area contributed by atoms with Crippen molar-refractivity contribution in [1.29, 1.82) is 0 Å². The van der Waals surface area contributed by atoms with Crippen LogP contribution in [-0.2, 0) is 22.4 Å². The third-order valence-electron chi connectivity index (χ3n) is 5.30. The number of hydrogen-bond acceptors (Lipinski definition) is 4.